The molecule has 7 heteroatoms. The highest BCUT2D eigenvalue weighted by atomic mass is 32.2. The molecule has 1 aromatic rings. The lowest BCUT2D eigenvalue weighted by Crippen LogP contribution is -2.16. The summed E-state index contributed by atoms with van der Waals surface area (Å²) < 4.78 is 11.1. The fourth-order valence-electron chi connectivity index (χ4n) is 1.09. The van der Waals surface area contributed by atoms with Crippen molar-refractivity contribution in [1.82, 2.24) is 9.97 Å². The quantitative estimate of drug-likeness (QED) is 0.492. The zero-order valence-corrected chi connectivity index (χ0v) is 10.3. The Kier molecular flexibility index (Phi) is 5.13. The lowest BCUT2D eigenvalue weighted by atomic mass is 10.3. The number of hydrogen-bond donors (Lipinski definition) is 3. The van der Waals surface area contributed by atoms with Gasteiger partial charge in [0.15, 0.2) is 5.82 Å². The van der Waals surface area contributed by atoms with Crippen molar-refractivity contribution in [1.29, 1.82) is 0 Å². The van der Waals surface area contributed by atoms with Crippen LogP contribution in [-0.2, 0) is 10.8 Å². The molecule has 0 aliphatic heterocycles. The van der Waals surface area contributed by atoms with E-state index in [0.717, 1.165) is 6.42 Å². The van der Waals surface area contributed by atoms with Crippen LogP contribution in [0, 0.1) is 0 Å². The molecule has 2 unspecified atom stereocenters. The van der Waals surface area contributed by atoms with Crippen LogP contribution >= 0.6 is 0 Å². The van der Waals surface area contributed by atoms with Crippen LogP contribution in [-0.4, -0.2) is 32.2 Å². The van der Waals surface area contributed by atoms with Crippen molar-refractivity contribution in [2.24, 2.45) is 5.84 Å². The molecule has 0 aliphatic carbocycles. The molecule has 0 aromatic carbocycles. The molecule has 0 saturated carbocycles. The topological polar surface area (TPSA) is 92.9 Å². The molecule has 0 saturated heterocycles. The Hall–Kier alpha value is -1.21. The Morgan fingerprint density at radius 3 is 2.81 bits per heavy atom. The molecule has 0 amide bonds. The summed E-state index contributed by atoms with van der Waals surface area (Å²) in [4.78, 5) is 8.11. The lowest BCUT2D eigenvalue weighted by Gasteiger charge is -2.09. The predicted molar refractivity (Wildman–Crippen MR) is 66.5 cm³/mol. The SMILES string of the molecule is CC(CCNc1cncc(NN)n1)S(C)=O. The Balaban J connectivity index is 2.39. The Morgan fingerprint density at radius 1 is 1.50 bits per heavy atom. The first-order valence-electron chi connectivity index (χ1n) is 4.98. The van der Waals surface area contributed by atoms with E-state index in [9.17, 15) is 4.21 Å². The van der Waals surface area contributed by atoms with E-state index < -0.39 is 10.8 Å². The van der Waals surface area contributed by atoms with Crippen LogP contribution in [0.4, 0.5) is 11.6 Å². The molecule has 0 fully saturated rings. The van der Waals surface area contributed by atoms with Crippen LogP contribution in [0.1, 0.15) is 13.3 Å². The van der Waals surface area contributed by atoms with Crippen LogP contribution in [0.3, 0.4) is 0 Å². The second-order valence-electron chi connectivity index (χ2n) is 3.46. The third kappa shape index (κ3) is 4.11. The lowest BCUT2D eigenvalue weighted by molar-refractivity contribution is 0.672. The highest BCUT2D eigenvalue weighted by Gasteiger charge is 2.05. The molecule has 0 radical (unpaired) electrons. The fourth-order valence-corrected chi connectivity index (χ4v) is 1.54. The second-order valence-corrected chi connectivity index (χ2v) is 5.26. The van der Waals surface area contributed by atoms with E-state index >= 15 is 0 Å². The normalized spacial score (nSPS) is 14.2. The maximum Gasteiger partial charge on any atom is 0.160 e. The van der Waals surface area contributed by atoms with Crippen LogP contribution in [0.15, 0.2) is 12.4 Å². The largest absolute Gasteiger partial charge is 0.369 e. The first-order chi connectivity index (χ1) is 7.63. The maximum absolute atomic E-state index is 11.1. The number of nitrogens with two attached hydrogens (primary N) is 1. The Labute approximate surface area is 97.5 Å². The third-order valence-corrected chi connectivity index (χ3v) is 3.58. The van der Waals surface area contributed by atoms with Crippen LogP contribution in [0.2, 0.25) is 0 Å². The summed E-state index contributed by atoms with van der Waals surface area (Å²) in [6.07, 6.45) is 5.69. The summed E-state index contributed by atoms with van der Waals surface area (Å²) in [6, 6.07) is 0. The Morgan fingerprint density at radius 2 is 2.19 bits per heavy atom. The van der Waals surface area contributed by atoms with E-state index in [1.165, 1.54) is 6.20 Å². The van der Waals surface area contributed by atoms with Gasteiger partial charge in [-0.1, -0.05) is 6.92 Å². The zero-order valence-electron chi connectivity index (χ0n) is 9.43. The smallest absolute Gasteiger partial charge is 0.160 e. The molecular formula is C9H17N5OS. The van der Waals surface area contributed by atoms with Gasteiger partial charge in [0.25, 0.3) is 0 Å². The van der Waals surface area contributed by atoms with E-state index in [4.69, 9.17) is 5.84 Å². The number of anilines is 2. The van der Waals surface area contributed by atoms with Crippen molar-refractivity contribution < 1.29 is 4.21 Å². The number of nitrogens with zero attached hydrogens (tertiary/aromatic N) is 2. The number of rotatable bonds is 6. The van der Waals surface area contributed by atoms with E-state index in [1.54, 1.807) is 12.5 Å². The first kappa shape index (κ1) is 12.9. The standard InChI is InChI=1S/C9H17N5OS/c1-7(16(2)15)3-4-12-8-5-11-6-9(13-8)14-10/h5-7H,3-4,10H2,1-2H3,(H2,12,13,14). The van der Waals surface area contributed by atoms with Crippen LogP contribution < -0.4 is 16.6 Å². The molecule has 1 rings (SSSR count). The van der Waals surface area contributed by atoms with Gasteiger partial charge in [-0.2, -0.15) is 0 Å². The first-order valence-corrected chi connectivity index (χ1v) is 6.60. The molecule has 1 aromatic heterocycles. The zero-order chi connectivity index (χ0) is 12.0. The van der Waals surface area contributed by atoms with Crippen molar-refractivity contribution in [3.63, 3.8) is 0 Å². The molecule has 1 heterocycles. The van der Waals surface area contributed by atoms with Crippen LogP contribution in [0.25, 0.3) is 0 Å². The molecule has 2 atom stereocenters. The minimum Gasteiger partial charge on any atom is -0.369 e. The number of nitrogen functional groups attached to an aromatic ring is 1. The molecule has 4 N–H and O–H groups in total. The highest BCUT2D eigenvalue weighted by Crippen LogP contribution is 2.06. The van der Waals surface area contributed by atoms with Gasteiger partial charge in [0, 0.05) is 28.9 Å². The van der Waals surface area contributed by atoms with Crippen molar-refractivity contribution in [3.05, 3.63) is 12.4 Å². The van der Waals surface area contributed by atoms with E-state index in [1.807, 2.05) is 6.92 Å². The van der Waals surface area contributed by atoms with Gasteiger partial charge in [-0.25, -0.2) is 10.8 Å². The van der Waals surface area contributed by atoms with Gasteiger partial charge in [-0.3, -0.25) is 9.19 Å². The van der Waals surface area contributed by atoms with Crippen molar-refractivity contribution in [3.8, 4) is 0 Å². The molecule has 0 bridgehead atoms. The van der Waals surface area contributed by atoms with E-state index in [2.05, 4.69) is 20.7 Å². The minimum atomic E-state index is -0.783. The number of aromatic nitrogens is 2. The molecule has 0 spiro atoms. The predicted octanol–water partition coefficient (Wildman–Crippen LogP) is 0.331. The molecule has 0 aliphatic rings. The molecule has 90 valence electrons. The minimum absolute atomic E-state index is 0.177. The summed E-state index contributed by atoms with van der Waals surface area (Å²) in [7, 11) is -0.783. The second kappa shape index (κ2) is 6.39. The fraction of sp³-hybridized carbons (Fsp3) is 0.556. The average molecular weight is 243 g/mol. The monoisotopic (exact) mass is 243 g/mol. The van der Waals surface area contributed by atoms with Crippen molar-refractivity contribution >= 4 is 22.4 Å². The van der Waals surface area contributed by atoms with Crippen molar-refractivity contribution in [2.75, 3.05) is 23.5 Å². The van der Waals surface area contributed by atoms with Gasteiger partial charge in [-0.15, -0.1) is 0 Å². The van der Waals surface area contributed by atoms with Crippen LogP contribution in [0.5, 0.6) is 0 Å². The molecular weight excluding hydrogens is 226 g/mol. The molecule has 6 nitrogen and oxygen atoms in total. The average Bonchev–Trinajstić information content (AvgIpc) is 2.29. The van der Waals surface area contributed by atoms with Crippen molar-refractivity contribution in [2.45, 2.75) is 18.6 Å². The van der Waals surface area contributed by atoms with Gasteiger partial charge >= 0.3 is 0 Å². The summed E-state index contributed by atoms with van der Waals surface area (Å²) >= 11 is 0. The Bertz CT molecular complexity index is 360. The van der Waals surface area contributed by atoms with Gasteiger partial charge < -0.3 is 10.7 Å². The van der Waals surface area contributed by atoms with Gasteiger partial charge in [0.1, 0.15) is 5.82 Å². The van der Waals surface area contributed by atoms with Gasteiger partial charge in [-0.05, 0) is 6.42 Å². The molecule has 16 heavy (non-hydrogen) atoms. The third-order valence-electron chi connectivity index (χ3n) is 2.21. The number of hydrazine groups is 1. The van der Waals surface area contributed by atoms with Gasteiger partial charge in [0.05, 0.1) is 12.4 Å². The summed E-state index contributed by atoms with van der Waals surface area (Å²) in [5, 5.41) is 3.28. The van der Waals surface area contributed by atoms with E-state index in [-0.39, 0.29) is 5.25 Å². The summed E-state index contributed by atoms with van der Waals surface area (Å²) in [6.45, 7) is 2.67. The number of hydrogen-bond acceptors (Lipinski definition) is 6. The maximum atomic E-state index is 11.1. The van der Waals surface area contributed by atoms with Gasteiger partial charge in [0.2, 0.25) is 0 Å². The summed E-state index contributed by atoms with van der Waals surface area (Å²) in [5.74, 6) is 6.38. The summed E-state index contributed by atoms with van der Waals surface area (Å²) in [5.41, 5.74) is 2.42. The number of nitrogens with one attached hydrogen (secondary N) is 2. The van der Waals surface area contributed by atoms with E-state index in [0.29, 0.717) is 18.2 Å². The highest BCUT2D eigenvalue weighted by molar-refractivity contribution is 7.84.